The molecule has 0 aromatic heterocycles. The highest BCUT2D eigenvalue weighted by molar-refractivity contribution is 5.85. The molecule has 23 heavy (non-hydrogen) atoms. The summed E-state index contributed by atoms with van der Waals surface area (Å²) in [6.07, 6.45) is 5.66. The zero-order chi connectivity index (χ0) is 16.4. The number of carboxylic acid groups (broad SMARTS) is 1. The predicted octanol–water partition coefficient (Wildman–Crippen LogP) is 3.42. The third-order valence-electron chi connectivity index (χ3n) is 5.32. The second-order valence-electron chi connectivity index (χ2n) is 6.95. The van der Waals surface area contributed by atoms with Gasteiger partial charge in [0.1, 0.15) is 6.04 Å². The predicted molar refractivity (Wildman–Crippen MR) is 88.1 cm³/mol. The van der Waals surface area contributed by atoms with Gasteiger partial charge in [0.15, 0.2) is 0 Å². The monoisotopic (exact) mass is 315 g/mol. The van der Waals surface area contributed by atoms with Crippen molar-refractivity contribution in [1.82, 2.24) is 4.90 Å². The average molecular weight is 315 g/mol. The van der Waals surface area contributed by atoms with Crippen LogP contribution in [0.25, 0.3) is 0 Å². The number of nitrogens with zero attached hydrogens (tertiary/aromatic N) is 1. The van der Waals surface area contributed by atoms with Crippen molar-refractivity contribution >= 4 is 11.9 Å². The van der Waals surface area contributed by atoms with Crippen LogP contribution in [0.4, 0.5) is 0 Å². The van der Waals surface area contributed by atoms with E-state index >= 15 is 0 Å². The third kappa shape index (κ3) is 3.57. The number of aliphatic carboxylic acids is 1. The third-order valence-corrected chi connectivity index (χ3v) is 5.32. The van der Waals surface area contributed by atoms with Crippen molar-refractivity contribution in [2.24, 2.45) is 5.92 Å². The Morgan fingerprint density at radius 2 is 1.65 bits per heavy atom. The summed E-state index contributed by atoms with van der Waals surface area (Å²) in [5, 5.41) is 9.27. The second-order valence-corrected chi connectivity index (χ2v) is 6.95. The van der Waals surface area contributed by atoms with Crippen LogP contribution in [-0.4, -0.2) is 34.0 Å². The van der Waals surface area contributed by atoms with E-state index in [1.165, 1.54) is 5.56 Å². The van der Waals surface area contributed by atoms with Gasteiger partial charge in [-0.15, -0.1) is 0 Å². The highest BCUT2D eigenvalue weighted by atomic mass is 16.4. The number of carbonyl (C=O) groups is 2. The summed E-state index contributed by atoms with van der Waals surface area (Å²) in [5.74, 6) is -0.305. The molecule has 4 heteroatoms. The number of carbonyl (C=O) groups excluding carboxylic acids is 1. The highest BCUT2D eigenvalue weighted by Gasteiger charge is 2.41. The Morgan fingerprint density at radius 3 is 2.17 bits per heavy atom. The summed E-state index contributed by atoms with van der Waals surface area (Å²) in [7, 11) is 0. The zero-order valence-corrected chi connectivity index (χ0v) is 13.6. The first-order chi connectivity index (χ1) is 11.1. The van der Waals surface area contributed by atoms with Crippen LogP contribution in [0.2, 0.25) is 0 Å². The smallest absolute Gasteiger partial charge is 0.326 e. The van der Waals surface area contributed by atoms with E-state index in [1.807, 2.05) is 6.07 Å². The Morgan fingerprint density at radius 1 is 1.04 bits per heavy atom. The van der Waals surface area contributed by atoms with Gasteiger partial charge in [-0.3, -0.25) is 4.79 Å². The SMILES string of the molecule is CC(C(=O)O)N(C(=O)C1CCC(c2ccccc2)CC1)C1CC1. The van der Waals surface area contributed by atoms with Gasteiger partial charge in [0.2, 0.25) is 5.91 Å². The molecule has 2 fully saturated rings. The summed E-state index contributed by atoms with van der Waals surface area (Å²) < 4.78 is 0. The molecular formula is C19H25NO3. The standard InChI is InChI=1S/C19H25NO3/c1-13(19(22)23)20(17-11-12-17)18(21)16-9-7-15(8-10-16)14-5-3-2-4-6-14/h2-6,13,15-17H,7-12H2,1H3,(H,22,23). The Balaban J connectivity index is 1.62. The quantitative estimate of drug-likeness (QED) is 0.905. The minimum Gasteiger partial charge on any atom is -0.480 e. The lowest BCUT2D eigenvalue weighted by Crippen LogP contribution is -2.47. The molecule has 124 valence electrons. The lowest BCUT2D eigenvalue weighted by molar-refractivity contribution is -0.152. The molecule has 1 aromatic carbocycles. The van der Waals surface area contributed by atoms with Crippen molar-refractivity contribution in [1.29, 1.82) is 0 Å². The number of hydrogen-bond donors (Lipinski definition) is 1. The van der Waals surface area contributed by atoms with Crippen LogP contribution in [-0.2, 0) is 9.59 Å². The van der Waals surface area contributed by atoms with E-state index < -0.39 is 12.0 Å². The molecule has 1 aromatic rings. The van der Waals surface area contributed by atoms with Crippen molar-refractivity contribution in [3.63, 3.8) is 0 Å². The van der Waals surface area contributed by atoms with Crippen LogP contribution in [0, 0.1) is 5.92 Å². The number of hydrogen-bond acceptors (Lipinski definition) is 2. The summed E-state index contributed by atoms with van der Waals surface area (Å²) in [5.41, 5.74) is 1.36. The zero-order valence-electron chi connectivity index (χ0n) is 13.6. The lowest BCUT2D eigenvalue weighted by atomic mass is 9.78. The molecule has 0 heterocycles. The summed E-state index contributed by atoms with van der Waals surface area (Å²) in [4.78, 5) is 25.8. The first-order valence-electron chi connectivity index (χ1n) is 8.68. The molecule has 3 rings (SSSR count). The van der Waals surface area contributed by atoms with E-state index in [2.05, 4.69) is 24.3 Å². The van der Waals surface area contributed by atoms with Crippen molar-refractivity contribution in [3.05, 3.63) is 35.9 Å². The van der Waals surface area contributed by atoms with Gasteiger partial charge in [-0.05, 0) is 56.9 Å². The van der Waals surface area contributed by atoms with Crippen molar-refractivity contribution < 1.29 is 14.7 Å². The molecule has 0 saturated heterocycles. The van der Waals surface area contributed by atoms with E-state index in [0.717, 1.165) is 38.5 Å². The van der Waals surface area contributed by atoms with Crippen LogP contribution in [0.15, 0.2) is 30.3 Å². The maximum atomic E-state index is 12.8. The molecule has 4 nitrogen and oxygen atoms in total. The largest absolute Gasteiger partial charge is 0.480 e. The van der Waals surface area contributed by atoms with Crippen LogP contribution < -0.4 is 0 Å². The van der Waals surface area contributed by atoms with Gasteiger partial charge >= 0.3 is 5.97 Å². The molecule has 1 unspecified atom stereocenters. The average Bonchev–Trinajstić information content (AvgIpc) is 3.40. The van der Waals surface area contributed by atoms with Crippen molar-refractivity contribution in [2.75, 3.05) is 0 Å². The summed E-state index contributed by atoms with van der Waals surface area (Å²) in [6, 6.07) is 9.93. The topological polar surface area (TPSA) is 57.6 Å². The lowest BCUT2D eigenvalue weighted by Gasteiger charge is -2.34. The molecule has 0 aliphatic heterocycles. The highest BCUT2D eigenvalue weighted by Crippen LogP contribution is 2.38. The molecule has 1 N–H and O–H groups in total. The molecule has 1 amide bonds. The van der Waals surface area contributed by atoms with Crippen molar-refractivity contribution in [3.8, 4) is 0 Å². The fourth-order valence-corrected chi connectivity index (χ4v) is 3.77. The number of amides is 1. The van der Waals surface area contributed by atoms with E-state index in [-0.39, 0.29) is 17.9 Å². The summed E-state index contributed by atoms with van der Waals surface area (Å²) in [6.45, 7) is 1.63. The van der Waals surface area contributed by atoms with E-state index in [9.17, 15) is 14.7 Å². The minimum absolute atomic E-state index is 0.00244. The Kier molecular flexibility index (Phi) is 4.69. The van der Waals surface area contributed by atoms with Crippen LogP contribution >= 0.6 is 0 Å². The molecule has 1 atom stereocenters. The molecule has 2 aliphatic rings. The Bertz CT molecular complexity index is 559. The first kappa shape index (κ1) is 16.0. The van der Waals surface area contributed by atoms with Gasteiger partial charge in [0, 0.05) is 12.0 Å². The van der Waals surface area contributed by atoms with E-state index in [4.69, 9.17) is 0 Å². The first-order valence-corrected chi connectivity index (χ1v) is 8.68. The number of benzene rings is 1. The van der Waals surface area contributed by atoms with Gasteiger partial charge in [-0.25, -0.2) is 4.79 Å². The maximum absolute atomic E-state index is 12.8. The van der Waals surface area contributed by atoms with Crippen LogP contribution in [0.5, 0.6) is 0 Å². The van der Waals surface area contributed by atoms with Gasteiger partial charge in [-0.1, -0.05) is 30.3 Å². The van der Waals surface area contributed by atoms with Crippen LogP contribution in [0.3, 0.4) is 0 Å². The number of carboxylic acids is 1. The Hall–Kier alpha value is -1.84. The molecule has 2 saturated carbocycles. The van der Waals surface area contributed by atoms with E-state index in [1.54, 1.807) is 11.8 Å². The fourth-order valence-electron chi connectivity index (χ4n) is 3.77. The van der Waals surface area contributed by atoms with Crippen LogP contribution in [0.1, 0.15) is 56.9 Å². The molecule has 0 radical (unpaired) electrons. The number of rotatable bonds is 5. The fraction of sp³-hybridized carbons (Fsp3) is 0.579. The molecular weight excluding hydrogens is 290 g/mol. The molecule has 2 aliphatic carbocycles. The Labute approximate surface area is 137 Å². The second kappa shape index (κ2) is 6.73. The molecule has 0 spiro atoms. The normalized spacial score (nSPS) is 25.6. The van der Waals surface area contributed by atoms with E-state index in [0.29, 0.717) is 5.92 Å². The van der Waals surface area contributed by atoms with Crippen molar-refractivity contribution in [2.45, 2.75) is 63.5 Å². The van der Waals surface area contributed by atoms with Gasteiger partial charge in [-0.2, -0.15) is 0 Å². The summed E-state index contributed by atoms with van der Waals surface area (Å²) >= 11 is 0. The van der Waals surface area contributed by atoms with Gasteiger partial charge < -0.3 is 10.0 Å². The maximum Gasteiger partial charge on any atom is 0.326 e. The molecule has 0 bridgehead atoms. The van der Waals surface area contributed by atoms with Gasteiger partial charge in [0.05, 0.1) is 0 Å². The minimum atomic E-state index is -0.900. The van der Waals surface area contributed by atoms with Gasteiger partial charge in [0.25, 0.3) is 0 Å².